The van der Waals surface area contributed by atoms with Crippen LogP contribution in [0.25, 0.3) is 0 Å². The zero-order valence-corrected chi connectivity index (χ0v) is 13.7. The molecule has 0 saturated heterocycles. The van der Waals surface area contributed by atoms with Crippen LogP contribution in [0.4, 0.5) is 0 Å². The van der Waals surface area contributed by atoms with E-state index in [1.165, 1.54) is 49.7 Å². The van der Waals surface area contributed by atoms with E-state index >= 15 is 0 Å². The summed E-state index contributed by atoms with van der Waals surface area (Å²) < 4.78 is 0. The van der Waals surface area contributed by atoms with E-state index in [9.17, 15) is 0 Å². The van der Waals surface area contributed by atoms with Gasteiger partial charge in [0.05, 0.1) is 0 Å². The highest BCUT2D eigenvalue weighted by Gasteiger charge is 2.59. The molecule has 0 aromatic carbocycles. The first-order chi connectivity index (χ1) is 9.90. The number of rotatable bonds is 3. The van der Waals surface area contributed by atoms with Crippen LogP contribution in [0.2, 0.25) is 0 Å². The lowest BCUT2D eigenvalue weighted by atomic mass is 9.43. The molecule has 0 amide bonds. The maximum absolute atomic E-state index is 4.30. The monoisotopic (exact) mass is 284 g/mol. The van der Waals surface area contributed by atoms with E-state index in [2.05, 4.69) is 37.1 Å². The summed E-state index contributed by atoms with van der Waals surface area (Å²) >= 11 is 0. The van der Waals surface area contributed by atoms with Gasteiger partial charge in [-0.2, -0.15) is 0 Å². The smallest absolute Gasteiger partial charge is 0.0315 e. The van der Waals surface area contributed by atoms with Gasteiger partial charge in [0.1, 0.15) is 0 Å². The van der Waals surface area contributed by atoms with Gasteiger partial charge in [-0.25, -0.2) is 0 Å². The van der Waals surface area contributed by atoms with Crippen LogP contribution in [0.15, 0.2) is 18.5 Å². The van der Waals surface area contributed by atoms with E-state index in [4.69, 9.17) is 0 Å². The number of hydrogen-bond donors (Lipinski definition) is 1. The average molecular weight is 284 g/mol. The molecule has 0 aliphatic heterocycles. The van der Waals surface area contributed by atoms with Crippen molar-refractivity contribution in [3.63, 3.8) is 0 Å². The van der Waals surface area contributed by atoms with Gasteiger partial charge in [0, 0.05) is 24.5 Å². The number of aromatic nitrogens is 1. The van der Waals surface area contributed by atoms with Crippen molar-refractivity contribution in [3.8, 4) is 0 Å². The summed E-state index contributed by atoms with van der Waals surface area (Å²) in [6.45, 7) is 8.27. The Morgan fingerprint density at radius 3 is 2.48 bits per heavy atom. The van der Waals surface area contributed by atoms with Gasteiger partial charge in [0.15, 0.2) is 0 Å². The molecule has 0 spiro atoms. The van der Waals surface area contributed by atoms with Crippen molar-refractivity contribution in [2.24, 2.45) is 16.7 Å². The highest BCUT2D eigenvalue weighted by atomic mass is 15.0. The SMILES string of the molecule is Cc1ccncc1CNC12CC3CC(C)(CC(C)(C3)C1)C2. The molecule has 1 heterocycles. The fourth-order valence-electron chi connectivity index (χ4n) is 6.61. The minimum absolute atomic E-state index is 0.394. The number of nitrogens with zero attached hydrogens (tertiary/aromatic N) is 1. The second-order valence-electron chi connectivity index (χ2n) is 9.07. The number of hydrogen-bond acceptors (Lipinski definition) is 2. The third-order valence-electron chi connectivity index (χ3n) is 6.43. The van der Waals surface area contributed by atoms with Gasteiger partial charge in [0.25, 0.3) is 0 Å². The molecule has 1 aromatic heterocycles. The topological polar surface area (TPSA) is 24.9 Å². The van der Waals surface area contributed by atoms with Crippen LogP contribution >= 0.6 is 0 Å². The summed E-state index contributed by atoms with van der Waals surface area (Å²) in [7, 11) is 0. The lowest BCUT2D eigenvalue weighted by molar-refractivity contribution is -0.118. The van der Waals surface area contributed by atoms with Crippen LogP contribution < -0.4 is 5.32 Å². The van der Waals surface area contributed by atoms with Gasteiger partial charge in [-0.05, 0) is 79.4 Å². The summed E-state index contributed by atoms with van der Waals surface area (Å²) in [5, 5.41) is 3.99. The van der Waals surface area contributed by atoms with Crippen LogP contribution in [-0.2, 0) is 6.54 Å². The highest BCUT2D eigenvalue weighted by Crippen LogP contribution is 2.66. The molecule has 21 heavy (non-hydrogen) atoms. The Bertz CT molecular complexity index is 546. The van der Waals surface area contributed by atoms with Crippen molar-refractivity contribution >= 4 is 0 Å². The molecule has 2 atom stereocenters. The molecule has 4 saturated carbocycles. The molecule has 2 heteroatoms. The zero-order chi connectivity index (χ0) is 14.7. The molecule has 4 fully saturated rings. The van der Waals surface area contributed by atoms with Gasteiger partial charge in [-0.15, -0.1) is 0 Å². The normalized spacial score (nSPS) is 44.2. The maximum atomic E-state index is 4.30. The Hall–Kier alpha value is -0.890. The van der Waals surface area contributed by atoms with Crippen molar-refractivity contribution < 1.29 is 0 Å². The van der Waals surface area contributed by atoms with Crippen LogP contribution in [0.5, 0.6) is 0 Å². The van der Waals surface area contributed by atoms with Crippen molar-refractivity contribution in [2.75, 3.05) is 0 Å². The van der Waals surface area contributed by atoms with E-state index in [0.29, 0.717) is 16.4 Å². The van der Waals surface area contributed by atoms with Crippen LogP contribution in [0.1, 0.15) is 63.5 Å². The summed E-state index contributed by atoms with van der Waals surface area (Å²) in [5.41, 5.74) is 4.30. The van der Waals surface area contributed by atoms with Gasteiger partial charge < -0.3 is 5.32 Å². The molecule has 114 valence electrons. The number of nitrogens with one attached hydrogen (secondary N) is 1. The number of pyridine rings is 1. The van der Waals surface area contributed by atoms with Crippen LogP contribution in [0.3, 0.4) is 0 Å². The molecule has 4 aliphatic rings. The Morgan fingerprint density at radius 1 is 1.14 bits per heavy atom. The van der Waals surface area contributed by atoms with E-state index in [-0.39, 0.29) is 0 Å². The number of aryl methyl sites for hydroxylation is 1. The summed E-state index contributed by atoms with van der Waals surface area (Å²) in [5.74, 6) is 0.957. The molecule has 0 radical (unpaired) electrons. The third kappa shape index (κ3) is 2.32. The van der Waals surface area contributed by atoms with Crippen molar-refractivity contribution in [1.29, 1.82) is 0 Å². The lowest BCUT2D eigenvalue weighted by Crippen LogP contribution is -2.63. The summed E-state index contributed by atoms with van der Waals surface area (Å²) in [6, 6.07) is 2.12. The van der Waals surface area contributed by atoms with Gasteiger partial charge in [0.2, 0.25) is 0 Å². The first-order valence-electron chi connectivity index (χ1n) is 8.54. The van der Waals surface area contributed by atoms with E-state index in [1.54, 1.807) is 0 Å². The molecule has 2 unspecified atom stereocenters. The summed E-state index contributed by atoms with van der Waals surface area (Å²) in [4.78, 5) is 4.30. The quantitative estimate of drug-likeness (QED) is 0.898. The molecule has 4 aliphatic carbocycles. The maximum Gasteiger partial charge on any atom is 0.0315 e. The first-order valence-corrected chi connectivity index (χ1v) is 8.54. The van der Waals surface area contributed by atoms with Gasteiger partial charge >= 0.3 is 0 Å². The van der Waals surface area contributed by atoms with Gasteiger partial charge in [-0.3, -0.25) is 4.98 Å². The molecule has 5 rings (SSSR count). The molecule has 1 N–H and O–H groups in total. The predicted octanol–water partition coefficient (Wildman–Crippen LogP) is 4.23. The fraction of sp³-hybridized carbons (Fsp3) is 0.737. The summed E-state index contributed by atoms with van der Waals surface area (Å²) in [6.07, 6.45) is 12.5. The largest absolute Gasteiger partial charge is 0.307 e. The molecule has 1 aromatic rings. The van der Waals surface area contributed by atoms with Gasteiger partial charge in [-0.1, -0.05) is 13.8 Å². The lowest BCUT2D eigenvalue weighted by Gasteiger charge is -2.65. The Labute approximate surface area is 128 Å². The molecule has 2 nitrogen and oxygen atoms in total. The molecular formula is C19H28N2. The van der Waals surface area contributed by atoms with Crippen molar-refractivity contribution in [3.05, 3.63) is 29.6 Å². The van der Waals surface area contributed by atoms with Crippen LogP contribution in [0, 0.1) is 23.7 Å². The van der Waals surface area contributed by atoms with E-state index in [1.807, 2.05) is 12.4 Å². The minimum atomic E-state index is 0.394. The standard InChI is InChI=1S/C19H28N2/c1-14-4-5-20-9-16(14)10-21-19-8-15-6-17(2,12-19)11-18(3,7-15)13-19/h4-5,9,15,21H,6-8,10-13H2,1-3H3. The Kier molecular flexibility index (Phi) is 2.83. The minimum Gasteiger partial charge on any atom is -0.307 e. The highest BCUT2D eigenvalue weighted by molar-refractivity contribution is 5.22. The Morgan fingerprint density at radius 2 is 1.86 bits per heavy atom. The second kappa shape index (κ2) is 4.32. The van der Waals surface area contributed by atoms with Crippen LogP contribution in [-0.4, -0.2) is 10.5 Å². The average Bonchev–Trinajstić information content (AvgIpc) is 2.33. The van der Waals surface area contributed by atoms with E-state index < -0.39 is 0 Å². The fourth-order valence-corrected chi connectivity index (χ4v) is 6.61. The predicted molar refractivity (Wildman–Crippen MR) is 86.0 cm³/mol. The Balaban J connectivity index is 1.56. The second-order valence-corrected chi connectivity index (χ2v) is 9.07. The van der Waals surface area contributed by atoms with Crippen molar-refractivity contribution in [1.82, 2.24) is 10.3 Å². The van der Waals surface area contributed by atoms with Crippen molar-refractivity contribution in [2.45, 2.75) is 71.4 Å². The first kappa shape index (κ1) is 13.8. The van der Waals surface area contributed by atoms with E-state index in [0.717, 1.165) is 12.5 Å². The zero-order valence-electron chi connectivity index (χ0n) is 13.7. The molecule has 4 bridgehead atoms. The molecular weight excluding hydrogens is 256 g/mol. The third-order valence-corrected chi connectivity index (χ3v) is 6.43.